The maximum atomic E-state index is 6.43. The van der Waals surface area contributed by atoms with Gasteiger partial charge in [0.2, 0.25) is 0 Å². The predicted octanol–water partition coefficient (Wildman–Crippen LogP) is 5.72. The average molecular weight is 363 g/mol. The Balaban J connectivity index is 1.90. The summed E-state index contributed by atoms with van der Waals surface area (Å²) in [4.78, 5) is 4.73. The lowest BCUT2D eigenvalue weighted by Crippen LogP contribution is -2.02. The fourth-order valence-electron chi connectivity index (χ4n) is 3.10. The van der Waals surface area contributed by atoms with Crippen LogP contribution in [0, 0.1) is 20.8 Å². The lowest BCUT2D eigenvalue weighted by Gasteiger charge is -2.10. The van der Waals surface area contributed by atoms with Gasteiger partial charge in [0.1, 0.15) is 5.82 Å². The normalized spacial score (nSPS) is 11.1. The molecule has 0 saturated carbocycles. The fraction of sp³-hybridized carbons (Fsp3) is 0.143. The first-order valence-corrected chi connectivity index (χ1v) is 8.86. The van der Waals surface area contributed by atoms with Gasteiger partial charge in [0.15, 0.2) is 5.65 Å². The third-order valence-corrected chi connectivity index (χ3v) is 4.69. The summed E-state index contributed by atoms with van der Waals surface area (Å²) in [5.74, 6) is 0.873. The van der Waals surface area contributed by atoms with E-state index < -0.39 is 0 Å². The van der Waals surface area contributed by atoms with E-state index >= 15 is 0 Å². The molecule has 2 aromatic carbocycles. The molecule has 0 bridgehead atoms. The second-order valence-corrected chi connectivity index (χ2v) is 6.86. The molecule has 4 rings (SSSR count). The van der Waals surface area contributed by atoms with Gasteiger partial charge in [-0.05, 0) is 39.0 Å². The molecule has 0 fully saturated rings. The van der Waals surface area contributed by atoms with Crippen LogP contribution in [-0.2, 0) is 0 Å². The molecular formula is C21H19ClN4. The monoisotopic (exact) mass is 362 g/mol. The van der Waals surface area contributed by atoms with Gasteiger partial charge >= 0.3 is 0 Å². The SMILES string of the molecule is Cc1ccc(Nc2cc(C)nc3c(-c4ccccc4Cl)c(C)nn23)cc1. The standard InChI is InChI=1S/C21H19ClN4/c1-13-8-10-16(11-9-13)24-19-12-14(2)23-21-20(15(3)25-26(19)21)17-6-4-5-7-18(17)22/h4-12,24H,1-3H3. The minimum Gasteiger partial charge on any atom is -0.340 e. The molecule has 0 radical (unpaired) electrons. The molecule has 0 unspecified atom stereocenters. The Morgan fingerprint density at radius 3 is 2.42 bits per heavy atom. The van der Waals surface area contributed by atoms with Crippen LogP contribution >= 0.6 is 11.6 Å². The largest absolute Gasteiger partial charge is 0.340 e. The van der Waals surface area contributed by atoms with Crippen LogP contribution in [0.15, 0.2) is 54.6 Å². The summed E-state index contributed by atoms with van der Waals surface area (Å²) < 4.78 is 1.85. The van der Waals surface area contributed by atoms with Crippen LogP contribution in [0.4, 0.5) is 11.5 Å². The number of benzene rings is 2. The van der Waals surface area contributed by atoms with E-state index in [4.69, 9.17) is 21.7 Å². The van der Waals surface area contributed by atoms with Gasteiger partial charge in [-0.2, -0.15) is 9.61 Å². The number of nitrogens with zero attached hydrogens (tertiary/aromatic N) is 3. The first-order valence-electron chi connectivity index (χ1n) is 8.48. The Morgan fingerprint density at radius 2 is 1.69 bits per heavy atom. The molecule has 0 aliphatic heterocycles. The Hall–Kier alpha value is -2.85. The van der Waals surface area contributed by atoms with E-state index in [-0.39, 0.29) is 0 Å². The van der Waals surface area contributed by atoms with Crippen molar-refractivity contribution in [2.45, 2.75) is 20.8 Å². The van der Waals surface area contributed by atoms with Gasteiger partial charge in [-0.3, -0.25) is 0 Å². The molecule has 130 valence electrons. The maximum absolute atomic E-state index is 6.43. The number of anilines is 2. The summed E-state index contributed by atoms with van der Waals surface area (Å²) >= 11 is 6.43. The van der Waals surface area contributed by atoms with Gasteiger partial charge in [-0.1, -0.05) is 47.5 Å². The summed E-state index contributed by atoms with van der Waals surface area (Å²) in [6.45, 7) is 6.04. The second-order valence-electron chi connectivity index (χ2n) is 6.45. The van der Waals surface area contributed by atoms with Crippen LogP contribution in [0.1, 0.15) is 17.0 Å². The van der Waals surface area contributed by atoms with Crippen LogP contribution in [0.3, 0.4) is 0 Å². The van der Waals surface area contributed by atoms with E-state index in [2.05, 4.69) is 36.5 Å². The van der Waals surface area contributed by atoms with Crippen LogP contribution in [0.25, 0.3) is 16.8 Å². The molecule has 1 N–H and O–H groups in total. The van der Waals surface area contributed by atoms with Crippen molar-refractivity contribution in [2.75, 3.05) is 5.32 Å². The Morgan fingerprint density at radius 1 is 0.962 bits per heavy atom. The highest BCUT2D eigenvalue weighted by Gasteiger charge is 2.17. The van der Waals surface area contributed by atoms with Crippen molar-refractivity contribution in [2.24, 2.45) is 0 Å². The highest BCUT2D eigenvalue weighted by Crippen LogP contribution is 2.34. The predicted molar refractivity (Wildman–Crippen MR) is 107 cm³/mol. The topological polar surface area (TPSA) is 42.2 Å². The van der Waals surface area contributed by atoms with Crippen molar-refractivity contribution >= 4 is 28.8 Å². The van der Waals surface area contributed by atoms with Crippen molar-refractivity contribution in [1.29, 1.82) is 0 Å². The second kappa shape index (κ2) is 6.46. The van der Waals surface area contributed by atoms with E-state index in [9.17, 15) is 0 Å². The molecular weight excluding hydrogens is 344 g/mol. The minimum atomic E-state index is 0.696. The van der Waals surface area contributed by atoms with Gasteiger partial charge in [-0.25, -0.2) is 4.98 Å². The zero-order valence-electron chi connectivity index (χ0n) is 14.9. The van der Waals surface area contributed by atoms with Crippen molar-refractivity contribution in [3.63, 3.8) is 0 Å². The van der Waals surface area contributed by atoms with Crippen LogP contribution in [0.2, 0.25) is 5.02 Å². The zero-order chi connectivity index (χ0) is 18.3. The summed E-state index contributed by atoms with van der Waals surface area (Å²) in [5.41, 5.74) is 6.75. The number of halogens is 1. The summed E-state index contributed by atoms with van der Waals surface area (Å²) in [6, 6.07) is 18.1. The third-order valence-electron chi connectivity index (χ3n) is 4.36. The van der Waals surface area contributed by atoms with Gasteiger partial charge in [-0.15, -0.1) is 0 Å². The average Bonchev–Trinajstić information content (AvgIpc) is 2.93. The van der Waals surface area contributed by atoms with Crippen molar-refractivity contribution in [1.82, 2.24) is 14.6 Å². The minimum absolute atomic E-state index is 0.696. The Kier molecular flexibility index (Phi) is 4.13. The van der Waals surface area contributed by atoms with Crippen molar-refractivity contribution in [3.05, 3.63) is 76.6 Å². The van der Waals surface area contributed by atoms with Gasteiger partial charge in [0.05, 0.1) is 11.3 Å². The number of hydrogen-bond acceptors (Lipinski definition) is 3. The van der Waals surface area contributed by atoms with E-state index in [0.717, 1.165) is 39.7 Å². The smallest absolute Gasteiger partial charge is 0.165 e. The molecule has 0 spiro atoms. The lowest BCUT2D eigenvalue weighted by atomic mass is 10.1. The van der Waals surface area contributed by atoms with Crippen molar-refractivity contribution in [3.8, 4) is 11.1 Å². The highest BCUT2D eigenvalue weighted by molar-refractivity contribution is 6.33. The molecule has 2 heterocycles. The van der Waals surface area contributed by atoms with Crippen LogP contribution < -0.4 is 5.32 Å². The molecule has 26 heavy (non-hydrogen) atoms. The number of nitrogens with one attached hydrogen (secondary N) is 1. The van der Waals surface area contributed by atoms with E-state index in [1.165, 1.54) is 5.56 Å². The number of aromatic nitrogens is 3. The van der Waals surface area contributed by atoms with E-state index in [1.807, 2.05) is 48.7 Å². The van der Waals surface area contributed by atoms with Gasteiger partial charge < -0.3 is 5.32 Å². The first kappa shape index (κ1) is 16.6. The zero-order valence-corrected chi connectivity index (χ0v) is 15.7. The highest BCUT2D eigenvalue weighted by atomic mass is 35.5. The Labute approximate surface area is 157 Å². The quantitative estimate of drug-likeness (QED) is 0.507. The third kappa shape index (κ3) is 2.93. The van der Waals surface area contributed by atoms with E-state index in [1.54, 1.807) is 0 Å². The molecule has 5 heteroatoms. The maximum Gasteiger partial charge on any atom is 0.165 e. The number of fused-ring (bicyclic) bond motifs is 1. The molecule has 0 aliphatic rings. The van der Waals surface area contributed by atoms with E-state index in [0.29, 0.717) is 5.02 Å². The summed E-state index contributed by atoms with van der Waals surface area (Å²) in [6.07, 6.45) is 0. The molecule has 2 aromatic heterocycles. The lowest BCUT2D eigenvalue weighted by molar-refractivity contribution is 0.917. The van der Waals surface area contributed by atoms with Crippen molar-refractivity contribution < 1.29 is 0 Å². The number of hydrogen-bond donors (Lipinski definition) is 1. The number of rotatable bonds is 3. The molecule has 0 aliphatic carbocycles. The molecule has 0 saturated heterocycles. The molecule has 4 nitrogen and oxygen atoms in total. The summed E-state index contributed by atoms with van der Waals surface area (Å²) in [7, 11) is 0. The van der Waals surface area contributed by atoms with Gasteiger partial charge in [0.25, 0.3) is 0 Å². The first-order chi connectivity index (χ1) is 12.5. The molecule has 0 atom stereocenters. The fourth-order valence-corrected chi connectivity index (χ4v) is 3.33. The number of aryl methyl sites for hydroxylation is 3. The van der Waals surface area contributed by atoms with Gasteiger partial charge in [0, 0.05) is 28.0 Å². The van der Waals surface area contributed by atoms with Crippen LogP contribution in [0.5, 0.6) is 0 Å². The van der Waals surface area contributed by atoms with Crippen LogP contribution in [-0.4, -0.2) is 14.6 Å². The molecule has 4 aromatic rings. The summed E-state index contributed by atoms with van der Waals surface area (Å²) in [5, 5.41) is 8.86. The molecule has 0 amide bonds. The Bertz CT molecular complexity index is 1100.